The first kappa shape index (κ1) is 14.4. The molecule has 110 valence electrons. The van der Waals surface area contributed by atoms with Gasteiger partial charge in [0.05, 0.1) is 0 Å². The molecule has 0 amide bonds. The van der Waals surface area contributed by atoms with Crippen LogP contribution in [0.15, 0.2) is 69.9 Å². The number of aryl methyl sites for hydroxylation is 1. The zero-order valence-corrected chi connectivity index (χ0v) is 12.6. The van der Waals surface area contributed by atoms with Gasteiger partial charge in [-0.15, -0.1) is 0 Å². The second-order valence-corrected chi connectivity index (χ2v) is 5.24. The number of ether oxygens (including phenoxy) is 1. The van der Waals surface area contributed by atoms with E-state index in [0.29, 0.717) is 22.3 Å². The molecule has 0 spiro atoms. The first-order valence-electron chi connectivity index (χ1n) is 6.77. The van der Waals surface area contributed by atoms with E-state index in [9.17, 15) is 4.79 Å². The molecule has 3 nitrogen and oxygen atoms in total. The third-order valence-corrected chi connectivity index (χ3v) is 3.35. The zero-order valence-electron chi connectivity index (χ0n) is 11.9. The second kappa shape index (κ2) is 6.08. The van der Waals surface area contributed by atoms with E-state index in [4.69, 9.17) is 20.8 Å². The molecule has 0 fully saturated rings. The van der Waals surface area contributed by atoms with Gasteiger partial charge < -0.3 is 9.15 Å². The third kappa shape index (κ3) is 3.05. The van der Waals surface area contributed by atoms with Gasteiger partial charge in [-0.3, -0.25) is 4.79 Å². The van der Waals surface area contributed by atoms with Gasteiger partial charge in [-0.05, 0) is 31.2 Å². The molecule has 0 radical (unpaired) electrons. The van der Waals surface area contributed by atoms with Crippen molar-refractivity contribution in [2.75, 3.05) is 0 Å². The van der Waals surface area contributed by atoms with Crippen LogP contribution >= 0.6 is 11.6 Å². The third-order valence-electron chi connectivity index (χ3n) is 3.10. The van der Waals surface area contributed by atoms with Crippen molar-refractivity contribution in [2.24, 2.45) is 0 Å². The highest BCUT2D eigenvalue weighted by molar-refractivity contribution is 6.30. The first-order valence-corrected chi connectivity index (χ1v) is 7.15. The Labute approximate surface area is 132 Å². The second-order valence-electron chi connectivity index (χ2n) is 4.80. The van der Waals surface area contributed by atoms with Crippen molar-refractivity contribution in [3.63, 3.8) is 0 Å². The minimum atomic E-state index is -0.224. The number of hydrogen-bond acceptors (Lipinski definition) is 3. The molecule has 3 aromatic rings. The first-order chi connectivity index (χ1) is 10.6. The summed E-state index contributed by atoms with van der Waals surface area (Å²) in [5, 5.41) is 0.603. The average Bonchev–Trinajstić information content (AvgIpc) is 2.52. The SMILES string of the molecule is Cc1cc(=O)c(Oc2ccc(Cl)cc2)c(-c2ccccc2)o1. The van der Waals surface area contributed by atoms with Gasteiger partial charge in [-0.25, -0.2) is 0 Å². The molecule has 3 rings (SSSR count). The van der Waals surface area contributed by atoms with E-state index >= 15 is 0 Å². The molecule has 22 heavy (non-hydrogen) atoms. The zero-order chi connectivity index (χ0) is 15.5. The summed E-state index contributed by atoms with van der Waals surface area (Å²) in [4.78, 5) is 12.3. The van der Waals surface area contributed by atoms with Gasteiger partial charge in [0.2, 0.25) is 11.2 Å². The van der Waals surface area contributed by atoms with Gasteiger partial charge in [0.15, 0.2) is 5.76 Å². The lowest BCUT2D eigenvalue weighted by Crippen LogP contribution is -2.06. The maximum atomic E-state index is 12.3. The minimum Gasteiger partial charge on any atom is -0.457 e. The van der Waals surface area contributed by atoms with Gasteiger partial charge >= 0.3 is 0 Å². The Bertz CT molecular complexity index is 836. The van der Waals surface area contributed by atoms with Crippen LogP contribution in [0.5, 0.6) is 11.5 Å². The highest BCUT2D eigenvalue weighted by atomic mass is 35.5. The molecule has 0 bridgehead atoms. The Morgan fingerprint density at radius 3 is 2.36 bits per heavy atom. The normalized spacial score (nSPS) is 10.5. The van der Waals surface area contributed by atoms with Crippen molar-refractivity contribution < 1.29 is 9.15 Å². The summed E-state index contributed by atoms with van der Waals surface area (Å²) in [6, 6.07) is 17.6. The summed E-state index contributed by atoms with van der Waals surface area (Å²) in [5.41, 5.74) is 0.560. The molecule has 0 aliphatic heterocycles. The fourth-order valence-electron chi connectivity index (χ4n) is 2.10. The number of hydrogen-bond donors (Lipinski definition) is 0. The van der Waals surface area contributed by atoms with Gasteiger partial charge in [0, 0.05) is 16.7 Å². The molecular formula is C18H13ClO3. The fourth-order valence-corrected chi connectivity index (χ4v) is 2.22. The Morgan fingerprint density at radius 2 is 1.68 bits per heavy atom. The maximum Gasteiger partial charge on any atom is 0.228 e. The maximum absolute atomic E-state index is 12.3. The van der Waals surface area contributed by atoms with Crippen LogP contribution in [0.2, 0.25) is 5.02 Å². The van der Waals surface area contributed by atoms with Crippen LogP contribution in [0.1, 0.15) is 5.76 Å². The molecule has 0 atom stereocenters. The summed E-state index contributed by atoms with van der Waals surface area (Å²) in [5.74, 6) is 1.64. The van der Waals surface area contributed by atoms with E-state index in [1.54, 1.807) is 31.2 Å². The fraction of sp³-hybridized carbons (Fsp3) is 0.0556. The molecule has 0 aliphatic carbocycles. The van der Waals surface area contributed by atoms with Crippen molar-refractivity contribution in [3.05, 3.63) is 81.7 Å². The minimum absolute atomic E-state index is 0.166. The predicted molar refractivity (Wildman–Crippen MR) is 86.7 cm³/mol. The Morgan fingerprint density at radius 1 is 1.00 bits per heavy atom. The molecular weight excluding hydrogens is 300 g/mol. The molecule has 4 heteroatoms. The molecule has 0 unspecified atom stereocenters. The lowest BCUT2D eigenvalue weighted by atomic mass is 10.1. The van der Waals surface area contributed by atoms with Crippen molar-refractivity contribution in [3.8, 4) is 22.8 Å². The van der Waals surface area contributed by atoms with E-state index in [0.717, 1.165) is 5.56 Å². The molecule has 2 aromatic carbocycles. The van der Waals surface area contributed by atoms with Crippen molar-refractivity contribution in [1.82, 2.24) is 0 Å². The van der Waals surface area contributed by atoms with Crippen LogP contribution < -0.4 is 10.2 Å². The average molecular weight is 313 g/mol. The lowest BCUT2D eigenvalue weighted by Gasteiger charge is -2.10. The molecule has 0 saturated heterocycles. The Hall–Kier alpha value is -2.52. The highest BCUT2D eigenvalue weighted by Gasteiger charge is 2.15. The van der Waals surface area contributed by atoms with E-state index in [1.165, 1.54) is 6.07 Å². The largest absolute Gasteiger partial charge is 0.457 e. The van der Waals surface area contributed by atoms with Crippen LogP contribution in [0.4, 0.5) is 0 Å². The van der Waals surface area contributed by atoms with Crippen LogP contribution in [0.25, 0.3) is 11.3 Å². The summed E-state index contributed by atoms with van der Waals surface area (Å²) >= 11 is 5.86. The van der Waals surface area contributed by atoms with Crippen molar-refractivity contribution >= 4 is 11.6 Å². The summed E-state index contributed by atoms with van der Waals surface area (Å²) < 4.78 is 11.5. The van der Waals surface area contributed by atoms with Gasteiger partial charge in [0.25, 0.3) is 0 Å². The van der Waals surface area contributed by atoms with Crippen LogP contribution in [0.3, 0.4) is 0 Å². The molecule has 1 aromatic heterocycles. The van der Waals surface area contributed by atoms with E-state index in [-0.39, 0.29) is 11.2 Å². The monoisotopic (exact) mass is 312 g/mol. The summed E-state index contributed by atoms with van der Waals surface area (Å²) in [7, 11) is 0. The lowest BCUT2D eigenvalue weighted by molar-refractivity contribution is 0.438. The van der Waals surface area contributed by atoms with Crippen molar-refractivity contribution in [2.45, 2.75) is 6.92 Å². The van der Waals surface area contributed by atoms with E-state index in [2.05, 4.69) is 0 Å². The van der Waals surface area contributed by atoms with Gasteiger partial charge in [0.1, 0.15) is 11.5 Å². The van der Waals surface area contributed by atoms with Crippen molar-refractivity contribution in [1.29, 1.82) is 0 Å². The Balaban J connectivity index is 2.10. The van der Waals surface area contributed by atoms with Crippen LogP contribution in [-0.2, 0) is 0 Å². The summed E-state index contributed by atoms with van der Waals surface area (Å²) in [6.07, 6.45) is 0. The van der Waals surface area contributed by atoms with Gasteiger partial charge in [-0.2, -0.15) is 0 Å². The molecule has 0 N–H and O–H groups in total. The number of rotatable bonds is 3. The number of halogens is 1. The quantitative estimate of drug-likeness (QED) is 0.678. The Kier molecular flexibility index (Phi) is 3.98. The van der Waals surface area contributed by atoms with E-state index in [1.807, 2.05) is 30.3 Å². The molecule has 1 heterocycles. The standard InChI is InChI=1S/C18H13ClO3/c1-12-11-16(20)18(22-15-9-7-14(19)8-10-15)17(21-12)13-5-3-2-4-6-13/h2-11H,1H3. The topological polar surface area (TPSA) is 39.4 Å². The molecule has 0 aliphatic rings. The van der Waals surface area contributed by atoms with Crippen LogP contribution in [-0.4, -0.2) is 0 Å². The molecule has 0 saturated carbocycles. The predicted octanol–water partition coefficient (Wildman–Crippen LogP) is 5.06. The van der Waals surface area contributed by atoms with Crippen LogP contribution in [0, 0.1) is 6.92 Å². The smallest absolute Gasteiger partial charge is 0.228 e. The number of benzene rings is 2. The van der Waals surface area contributed by atoms with E-state index < -0.39 is 0 Å². The summed E-state index contributed by atoms with van der Waals surface area (Å²) in [6.45, 7) is 1.74. The highest BCUT2D eigenvalue weighted by Crippen LogP contribution is 2.31. The van der Waals surface area contributed by atoms with Gasteiger partial charge in [-0.1, -0.05) is 41.9 Å².